The molecule has 0 aromatic heterocycles. The zero-order valence-corrected chi connectivity index (χ0v) is 18.2. The lowest BCUT2D eigenvalue weighted by Gasteiger charge is -2.31. The molecule has 2 aliphatic rings. The van der Waals surface area contributed by atoms with Gasteiger partial charge in [0.1, 0.15) is 13.2 Å². The van der Waals surface area contributed by atoms with Crippen molar-refractivity contribution in [1.82, 2.24) is 0 Å². The Morgan fingerprint density at radius 3 is 2.44 bits per heavy atom. The number of benzene rings is 2. The fraction of sp³-hybridized carbons (Fsp3) is 0.391. The number of rotatable bonds is 6. The first kappa shape index (κ1) is 23.7. The van der Waals surface area contributed by atoms with Crippen LogP contribution < -0.4 is 19.7 Å². The lowest BCUT2D eigenvalue weighted by Crippen LogP contribution is -2.37. The van der Waals surface area contributed by atoms with Crippen LogP contribution >= 0.6 is 0 Å². The molecule has 8 nitrogen and oxygen atoms in total. The maximum absolute atomic E-state index is 13.2. The summed E-state index contributed by atoms with van der Waals surface area (Å²) in [6.45, 7) is 2.00. The minimum Gasteiger partial charge on any atom is -0.486 e. The van der Waals surface area contributed by atoms with Crippen LogP contribution in [0.5, 0.6) is 11.5 Å². The minimum atomic E-state index is -4.57. The topological polar surface area (TPSA) is 86.3 Å². The molecule has 182 valence electrons. The number of esters is 1. The van der Waals surface area contributed by atoms with Gasteiger partial charge in [-0.25, -0.2) is 0 Å². The second kappa shape index (κ2) is 10.2. The largest absolute Gasteiger partial charge is 0.486 e. The van der Waals surface area contributed by atoms with Gasteiger partial charge in [0.05, 0.1) is 36.6 Å². The third-order valence-electron chi connectivity index (χ3n) is 5.27. The van der Waals surface area contributed by atoms with Crippen LogP contribution in [0.1, 0.15) is 11.1 Å². The summed E-state index contributed by atoms with van der Waals surface area (Å²) in [5.41, 5.74) is 0.148. The van der Waals surface area contributed by atoms with Crippen molar-refractivity contribution in [3.63, 3.8) is 0 Å². The third-order valence-corrected chi connectivity index (χ3v) is 5.27. The number of nitrogens with one attached hydrogen (secondary N) is 1. The van der Waals surface area contributed by atoms with E-state index in [1.807, 2.05) is 4.90 Å². The van der Waals surface area contributed by atoms with Gasteiger partial charge < -0.3 is 29.2 Å². The summed E-state index contributed by atoms with van der Waals surface area (Å²) in [7, 11) is 0. The number of carbonyl (C=O) groups is 2. The van der Waals surface area contributed by atoms with Crippen molar-refractivity contribution in [2.24, 2.45) is 0 Å². The van der Waals surface area contributed by atoms with Crippen LogP contribution in [0.3, 0.4) is 0 Å². The number of nitrogens with zero attached hydrogens (tertiary/aromatic N) is 1. The normalized spacial score (nSPS) is 15.6. The van der Waals surface area contributed by atoms with Crippen LogP contribution in [0.25, 0.3) is 0 Å². The zero-order valence-electron chi connectivity index (χ0n) is 18.2. The average Bonchev–Trinajstić information content (AvgIpc) is 2.82. The van der Waals surface area contributed by atoms with Crippen LogP contribution in [0.15, 0.2) is 36.4 Å². The van der Waals surface area contributed by atoms with E-state index in [-0.39, 0.29) is 12.1 Å². The summed E-state index contributed by atoms with van der Waals surface area (Å²) < 4.78 is 60.8. The first-order chi connectivity index (χ1) is 16.3. The van der Waals surface area contributed by atoms with Gasteiger partial charge in [0.15, 0.2) is 18.1 Å². The number of amides is 1. The van der Waals surface area contributed by atoms with Gasteiger partial charge in [-0.1, -0.05) is 6.07 Å². The van der Waals surface area contributed by atoms with E-state index in [2.05, 4.69) is 5.32 Å². The summed E-state index contributed by atoms with van der Waals surface area (Å²) in [5, 5.41) is 2.45. The number of ether oxygens (including phenoxy) is 4. The molecular formula is C23H23F3N2O6. The number of carbonyl (C=O) groups excluding carboxylic acids is 2. The van der Waals surface area contributed by atoms with E-state index < -0.39 is 30.2 Å². The molecule has 1 amide bonds. The lowest BCUT2D eigenvalue weighted by atomic mass is 10.1. The molecule has 34 heavy (non-hydrogen) atoms. The molecule has 0 aliphatic carbocycles. The number of hydrogen-bond donors (Lipinski definition) is 1. The van der Waals surface area contributed by atoms with Gasteiger partial charge >= 0.3 is 12.1 Å². The maximum atomic E-state index is 13.2. The van der Waals surface area contributed by atoms with Crippen molar-refractivity contribution in [2.45, 2.75) is 12.6 Å². The Hall–Kier alpha value is -3.47. The van der Waals surface area contributed by atoms with Crippen molar-refractivity contribution in [3.8, 4) is 11.5 Å². The molecule has 1 fully saturated rings. The summed E-state index contributed by atoms with van der Waals surface area (Å²) in [5.74, 6) is -0.303. The van der Waals surface area contributed by atoms with E-state index in [4.69, 9.17) is 18.9 Å². The fourth-order valence-corrected chi connectivity index (χ4v) is 3.64. The molecule has 0 spiro atoms. The van der Waals surface area contributed by atoms with Gasteiger partial charge in [0.25, 0.3) is 5.91 Å². The Morgan fingerprint density at radius 1 is 0.971 bits per heavy atom. The molecule has 1 saturated heterocycles. The van der Waals surface area contributed by atoms with Crippen LogP contribution in [-0.4, -0.2) is 58.0 Å². The van der Waals surface area contributed by atoms with Gasteiger partial charge in [-0.05, 0) is 35.9 Å². The van der Waals surface area contributed by atoms with Gasteiger partial charge in [-0.15, -0.1) is 0 Å². The quantitative estimate of drug-likeness (QED) is 0.636. The Labute approximate surface area is 193 Å². The second-order valence-electron chi connectivity index (χ2n) is 7.69. The van der Waals surface area contributed by atoms with Crippen LogP contribution in [0.4, 0.5) is 24.5 Å². The highest BCUT2D eigenvalue weighted by Gasteiger charge is 2.32. The van der Waals surface area contributed by atoms with E-state index in [0.29, 0.717) is 62.3 Å². The summed E-state index contributed by atoms with van der Waals surface area (Å²) in [4.78, 5) is 26.4. The van der Waals surface area contributed by atoms with Gasteiger partial charge in [0.2, 0.25) is 0 Å². The van der Waals surface area contributed by atoms with E-state index in [1.54, 1.807) is 18.2 Å². The summed E-state index contributed by atoms with van der Waals surface area (Å²) >= 11 is 0. The molecule has 2 heterocycles. The average molecular weight is 480 g/mol. The standard InChI is InChI=1S/C23H23F3N2O6/c24-23(25,26)16-2-3-18(28-5-7-31-8-6-28)17(13-16)27-21(29)14-34-22(30)12-15-1-4-19-20(11-15)33-10-9-32-19/h1-4,11,13H,5-10,12,14H2,(H,27,29). The van der Waals surface area contributed by atoms with Crippen molar-refractivity contribution in [1.29, 1.82) is 0 Å². The highest BCUT2D eigenvalue weighted by atomic mass is 19.4. The number of hydrogen-bond acceptors (Lipinski definition) is 7. The van der Waals surface area contributed by atoms with E-state index in [9.17, 15) is 22.8 Å². The Bertz CT molecular complexity index is 1050. The third kappa shape index (κ3) is 5.90. The predicted octanol–water partition coefficient (Wildman–Crippen LogP) is 3.04. The zero-order chi connectivity index (χ0) is 24.1. The maximum Gasteiger partial charge on any atom is 0.416 e. The Morgan fingerprint density at radius 2 is 1.71 bits per heavy atom. The number of morpholine rings is 1. The highest BCUT2D eigenvalue weighted by Crippen LogP contribution is 2.36. The number of alkyl halides is 3. The minimum absolute atomic E-state index is 0.00962. The molecular weight excluding hydrogens is 457 g/mol. The van der Waals surface area contributed by atoms with Gasteiger partial charge in [0, 0.05) is 13.1 Å². The van der Waals surface area contributed by atoms with E-state index >= 15 is 0 Å². The number of halogens is 3. The molecule has 0 bridgehead atoms. The highest BCUT2D eigenvalue weighted by molar-refractivity contribution is 5.96. The van der Waals surface area contributed by atoms with Crippen molar-refractivity contribution in [3.05, 3.63) is 47.5 Å². The van der Waals surface area contributed by atoms with Crippen molar-refractivity contribution < 1.29 is 41.7 Å². The first-order valence-corrected chi connectivity index (χ1v) is 10.7. The smallest absolute Gasteiger partial charge is 0.416 e. The van der Waals surface area contributed by atoms with Crippen LogP contribution in [0, 0.1) is 0 Å². The number of anilines is 2. The van der Waals surface area contributed by atoms with Crippen LogP contribution in [0.2, 0.25) is 0 Å². The predicted molar refractivity (Wildman–Crippen MR) is 115 cm³/mol. The lowest BCUT2D eigenvalue weighted by molar-refractivity contribution is -0.146. The van der Waals surface area contributed by atoms with Crippen molar-refractivity contribution >= 4 is 23.3 Å². The molecule has 2 aromatic carbocycles. The summed E-state index contributed by atoms with van der Waals surface area (Å²) in [6.07, 6.45) is -4.67. The van der Waals surface area contributed by atoms with E-state index in [1.165, 1.54) is 6.07 Å². The summed E-state index contributed by atoms with van der Waals surface area (Å²) in [6, 6.07) is 8.19. The fourth-order valence-electron chi connectivity index (χ4n) is 3.64. The van der Waals surface area contributed by atoms with Gasteiger partial charge in [-0.3, -0.25) is 9.59 Å². The monoisotopic (exact) mass is 480 g/mol. The molecule has 2 aliphatic heterocycles. The van der Waals surface area contributed by atoms with Crippen LogP contribution in [-0.2, 0) is 31.7 Å². The molecule has 2 aromatic rings. The molecule has 0 radical (unpaired) electrons. The Kier molecular flexibility index (Phi) is 7.11. The van der Waals surface area contributed by atoms with Crippen molar-refractivity contribution in [2.75, 3.05) is 56.3 Å². The molecule has 4 rings (SSSR count). The molecule has 0 atom stereocenters. The molecule has 0 saturated carbocycles. The number of fused-ring (bicyclic) bond motifs is 1. The Balaban J connectivity index is 1.38. The van der Waals surface area contributed by atoms with Gasteiger partial charge in [-0.2, -0.15) is 13.2 Å². The first-order valence-electron chi connectivity index (χ1n) is 10.7. The molecule has 1 N–H and O–H groups in total. The van der Waals surface area contributed by atoms with E-state index in [0.717, 1.165) is 12.1 Å². The molecule has 0 unspecified atom stereocenters. The SMILES string of the molecule is O=C(COC(=O)Cc1ccc2c(c1)OCCO2)Nc1cc(C(F)(F)F)ccc1N1CCOCC1. The molecule has 11 heteroatoms. The second-order valence-corrected chi connectivity index (χ2v) is 7.69.